The molecular formula is C18H22N2O2. The highest BCUT2D eigenvalue weighted by molar-refractivity contribution is 5.99. The van der Waals surface area contributed by atoms with Crippen LogP contribution in [-0.2, 0) is 4.79 Å². The standard InChI is InChI=1S/C18H22N2O2/c21-16(20-18(9-4-10-18)12-5-3-6-12)11-15-13-7-1-2-8-14(13)17(22)19-15/h1-2,7-8,12,15H,3-6,9-11H2,(H,19,22)(H,20,21). The zero-order valence-corrected chi connectivity index (χ0v) is 12.7. The van der Waals surface area contributed by atoms with Gasteiger partial charge < -0.3 is 10.6 Å². The first-order valence-electron chi connectivity index (χ1n) is 8.39. The predicted octanol–water partition coefficient (Wildman–Crippen LogP) is 2.70. The largest absolute Gasteiger partial charge is 0.350 e. The zero-order valence-electron chi connectivity index (χ0n) is 12.7. The number of hydrogen-bond acceptors (Lipinski definition) is 2. The Labute approximate surface area is 130 Å². The molecule has 1 aliphatic heterocycles. The van der Waals surface area contributed by atoms with Gasteiger partial charge in [-0.1, -0.05) is 24.6 Å². The van der Waals surface area contributed by atoms with Gasteiger partial charge in [-0.3, -0.25) is 9.59 Å². The molecule has 1 heterocycles. The van der Waals surface area contributed by atoms with Crippen LogP contribution in [0.1, 0.15) is 66.9 Å². The Morgan fingerprint density at radius 2 is 2.00 bits per heavy atom. The molecule has 2 amide bonds. The summed E-state index contributed by atoms with van der Waals surface area (Å²) in [7, 11) is 0. The van der Waals surface area contributed by atoms with E-state index in [1.54, 1.807) is 0 Å². The van der Waals surface area contributed by atoms with Crippen LogP contribution in [0.4, 0.5) is 0 Å². The van der Waals surface area contributed by atoms with Crippen molar-refractivity contribution < 1.29 is 9.59 Å². The predicted molar refractivity (Wildman–Crippen MR) is 83.3 cm³/mol. The van der Waals surface area contributed by atoms with E-state index in [-0.39, 0.29) is 23.4 Å². The molecule has 4 heteroatoms. The summed E-state index contributed by atoms with van der Waals surface area (Å²) in [6, 6.07) is 7.37. The third-order valence-electron chi connectivity index (χ3n) is 5.80. The average Bonchev–Trinajstić information content (AvgIpc) is 2.71. The van der Waals surface area contributed by atoms with Crippen molar-refractivity contribution in [2.45, 2.75) is 56.5 Å². The van der Waals surface area contributed by atoms with E-state index in [0.29, 0.717) is 17.9 Å². The number of amides is 2. The maximum Gasteiger partial charge on any atom is 0.252 e. The smallest absolute Gasteiger partial charge is 0.252 e. The van der Waals surface area contributed by atoms with Gasteiger partial charge in [-0.15, -0.1) is 0 Å². The van der Waals surface area contributed by atoms with Crippen LogP contribution in [0.15, 0.2) is 24.3 Å². The lowest BCUT2D eigenvalue weighted by Gasteiger charge is -2.52. The second kappa shape index (κ2) is 5.11. The monoisotopic (exact) mass is 298 g/mol. The van der Waals surface area contributed by atoms with Crippen molar-refractivity contribution in [3.8, 4) is 0 Å². The highest BCUT2D eigenvalue weighted by atomic mass is 16.2. The molecule has 1 aromatic carbocycles. The molecule has 3 aliphatic rings. The number of nitrogens with one attached hydrogen (secondary N) is 2. The molecule has 4 nitrogen and oxygen atoms in total. The van der Waals surface area contributed by atoms with Crippen LogP contribution in [0.5, 0.6) is 0 Å². The molecule has 22 heavy (non-hydrogen) atoms. The van der Waals surface area contributed by atoms with E-state index in [0.717, 1.165) is 18.4 Å². The number of rotatable bonds is 4. The summed E-state index contributed by atoms with van der Waals surface area (Å²) < 4.78 is 0. The quantitative estimate of drug-likeness (QED) is 0.898. The number of benzene rings is 1. The first-order valence-corrected chi connectivity index (χ1v) is 8.39. The van der Waals surface area contributed by atoms with Crippen molar-refractivity contribution in [1.29, 1.82) is 0 Å². The highest BCUT2D eigenvalue weighted by Crippen LogP contribution is 2.47. The summed E-state index contributed by atoms with van der Waals surface area (Å²) in [6.07, 6.45) is 7.62. The lowest BCUT2D eigenvalue weighted by atomic mass is 9.61. The minimum atomic E-state index is -0.179. The molecule has 2 saturated carbocycles. The van der Waals surface area contributed by atoms with E-state index in [1.165, 1.54) is 25.7 Å². The van der Waals surface area contributed by atoms with Gasteiger partial charge in [0.25, 0.3) is 5.91 Å². The Balaban J connectivity index is 1.44. The molecule has 0 spiro atoms. The molecule has 2 aliphatic carbocycles. The Morgan fingerprint density at radius 1 is 1.23 bits per heavy atom. The van der Waals surface area contributed by atoms with Gasteiger partial charge in [0.05, 0.1) is 12.5 Å². The highest BCUT2D eigenvalue weighted by Gasteiger charge is 2.47. The second-order valence-electron chi connectivity index (χ2n) is 7.00. The molecule has 1 atom stereocenters. The van der Waals surface area contributed by atoms with Crippen molar-refractivity contribution in [2.75, 3.05) is 0 Å². The minimum Gasteiger partial charge on any atom is -0.350 e. The minimum absolute atomic E-state index is 0.0641. The van der Waals surface area contributed by atoms with Gasteiger partial charge in [-0.05, 0) is 49.7 Å². The third kappa shape index (κ3) is 2.13. The fourth-order valence-corrected chi connectivity index (χ4v) is 4.15. The summed E-state index contributed by atoms with van der Waals surface area (Å²) in [4.78, 5) is 24.4. The molecule has 0 radical (unpaired) electrons. The van der Waals surface area contributed by atoms with Crippen LogP contribution < -0.4 is 10.6 Å². The maximum absolute atomic E-state index is 12.5. The van der Waals surface area contributed by atoms with Crippen LogP contribution in [0.2, 0.25) is 0 Å². The Hall–Kier alpha value is -1.84. The van der Waals surface area contributed by atoms with Crippen molar-refractivity contribution >= 4 is 11.8 Å². The van der Waals surface area contributed by atoms with E-state index in [1.807, 2.05) is 24.3 Å². The van der Waals surface area contributed by atoms with Crippen molar-refractivity contribution in [1.82, 2.24) is 10.6 Å². The molecular weight excluding hydrogens is 276 g/mol. The molecule has 116 valence electrons. The first-order chi connectivity index (χ1) is 10.7. The molecule has 0 saturated heterocycles. The van der Waals surface area contributed by atoms with Crippen LogP contribution >= 0.6 is 0 Å². The van der Waals surface area contributed by atoms with E-state index in [9.17, 15) is 9.59 Å². The fraction of sp³-hybridized carbons (Fsp3) is 0.556. The summed E-state index contributed by atoms with van der Waals surface area (Å²) in [5.41, 5.74) is 1.73. The third-order valence-corrected chi connectivity index (χ3v) is 5.80. The van der Waals surface area contributed by atoms with Crippen LogP contribution in [-0.4, -0.2) is 17.4 Å². The lowest BCUT2D eigenvalue weighted by Crippen LogP contribution is -2.60. The number of fused-ring (bicyclic) bond motifs is 1. The van der Waals surface area contributed by atoms with Crippen molar-refractivity contribution in [3.63, 3.8) is 0 Å². The maximum atomic E-state index is 12.5. The average molecular weight is 298 g/mol. The molecule has 1 unspecified atom stereocenters. The Bertz CT molecular complexity index is 617. The van der Waals surface area contributed by atoms with Gasteiger partial charge in [0, 0.05) is 11.1 Å². The molecule has 0 bridgehead atoms. The first kappa shape index (κ1) is 13.8. The van der Waals surface area contributed by atoms with E-state index >= 15 is 0 Å². The summed E-state index contributed by atoms with van der Waals surface area (Å²) in [5.74, 6) is 0.690. The van der Waals surface area contributed by atoms with Crippen molar-refractivity contribution in [3.05, 3.63) is 35.4 Å². The summed E-state index contributed by atoms with van der Waals surface area (Å²) in [6.45, 7) is 0. The number of carbonyl (C=O) groups excluding carboxylic acids is 2. The normalized spacial score (nSPS) is 25.6. The van der Waals surface area contributed by atoms with Crippen LogP contribution in [0.25, 0.3) is 0 Å². The van der Waals surface area contributed by atoms with Gasteiger partial charge in [0.15, 0.2) is 0 Å². The van der Waals surface area contributed by atoms with Crippen LogP contribution in [0, 0.1) is 5.92 Å². The van der Waals surface area contributed by atoms with Gasteiger partial charge in [0.1, 0.15) is 0 Å². The van der Waals surface area contributed by atoms with Gasteiger partial charge in [-0.2, -0.15) is 0 Å². The fourth-order valence-electron chi connectivity index (χ4n) is 4.15. The van der Waals surface area contributed by atoms with Crippen molar-refractivity contribution in [2.24, 2.45) is 5.92 Å². The van der Waals surface area contributed by atoms with Gasteiger partial charge in [0.2, 0.25) is 5.91 Å². The zero-order chi connectivity index (χ0) is 15.2. The summed E-state index contributed by atoms with van der Waals surface area (Å²) >= 11 is 0. The second-order valence-corrected chi connectivity index (χ2v) is 7.00. The van der Waals surface area contributed by atoms with E-state index in [2.05, 4.69) is 10.6 Å². The Kier molecular flexibility index (Phi) is 3.21. The molecule has 4 rings (SSSR count). The lowest BCUT2D eigenvalue weighted by molar-refractivity contribution is -0.126. The number of hydrogen-bond donors (Lipinski definition) is 2. The molecule has 2 N–H and O–H groups in total. The molecule has 2 fully saturated rings. The summed E-state index contributed by atoms with van der Waals surface area (Å²) in [5, 5.41) is 6.24. The van der Waals surface area contributed by atoms with E-state index < -0.39 is 0 Å². The molecule has 1 aromatic rings. The van der Waals surface area contributed by atoms with E-state index in [4.69, 9.17) is 0 Å². The number of carbonyl (C=O) groups is 2. The Morgan fingerprint density at radius 3 is 2.64 bits per heavy atom. The van der Waals surface area contributed by atoms with Gasteiger partial charge >= 0.3 is 0 Å². The molecule has 0 aromatic heterocycles. The van der Waals surface area contributed by atoms with Crippen LogP contribution in [0.3, 0.4) is 0 Å². The van der Waals surface area contributed by atoms with Gasteiger partial charge in [-0.25, -0.2) is 0 Å². The SMILES string of the molecule is O=C(CC1NC(=O)c2ccccc21)NC1(C2CCC2)CCC1. The topological polar surface area (TPSA) is 58.2 Å².